The number of ketones is 1. The van der Waals surface area contributed by atoms with Crippen LogP contribution in [-0.4, -0.2) is 31.3 Å². The van der Waals surface area contributed by atoms with E-state index in [0.717, 1.165) is 24.9 Å². The van der Waals surface area contributed by atoms with E-state index >= 15 is 0 Å². The Kier molecular flexibility index (Phi) is 3.06. The molecule has 2 rings (SSSR count). The lowest BCUT2D eigenvalue weighted by Gasteiger charge is -2.25. The third-order valence-electron chi connectivity index (χ3n) is 3.06. The van der Waals surface area contributed by atoms with E-state index in [1.165, 1.54) is 12.1 Å². The number of carbonyl (C=O) groups excluding carboxylic acids is 1. The first-order valence-electron chi connectivity index (χ1n) is 5.55. The number of rotatable bonds is 2. The summed E-state index contributed by atoms with van der Waals surface area (Å²) in [6, 6.07) is 4.53. The predicted octanol–water partition coefficient (Wildman–Crippen LogP) is 2.13. The summed E-state index contributed by atoms with van der Waals surface area (Å²) >= 11 is 0. The van der Waals surface area contributed by atoms with Crippen LogP contribution < -0.4 is 0 Å². The van der Waals surface area contributed by atoms with Crippen molar-refractivity contribution in [1.29, 1.82) is 0 Å². The topological polar surface area (TPSA) is 20.3 Å². The monoisotopic (exact) mass is 221 g/mol. The fraction of sp³-hybridized carbons (Fsp3) is 0.462. The number of Topliss-reactive ketones (excluding diaryl/α,β-unsaturated/α-hetero) is 1. The first-order chi connectivity index (χ1) is 7.58. The molecule has 16 heavy (non-hydrogen) atoms. The fourth-order valence-electron chi connectivity index (χ4n) is 2.29. The first-order valence-corrected chi connectivity index (χ1v) is 5.55. The molecule has 0 saturated carbocycles. The number of fused-ring (bicyclic) bond motifs is 1. The van der Waals surface area contributed by atoms with E-state index in [9.17, 15) is 9.18 Å². The van der Waals surface area contributed by atoms with Gasteiger partial charge in [0.05, 0.1) is 0 Å². The van der Waals surface area contributed by atoms with Crippen LogP contribution in [0.3, 0.4) is 0 Å². The van der Waals surface area contributed by atoms with Crippen LogP contribution in [0.4, 0.5) is 4.39 Å². The Balaban J connectivity index is 2.27. The van der Waals surface area contributed by atoms with Crippen LogP contribution in [0.25, 0.3) is 0 Å². The molecule has 1 aliphatic carbocycles. The first kappa shape index (κ1) is 11.3. The molecule has 0 aromatic heterocycles. The van der Waals surface area contributed by atoms with E-state index in [1.807, 2.05) is 19.0 Å². The second kappa shape index (κ2) is 4.34. The van der Waals surface area contributed by atoms with Crippen molar-refractivity contribution in [3.8, 4) is 0 Å². The van der Waals surface area contributed by atoms with Crippen LogP contribution in [0.15, 0.2) is 18.2 Å². The molecule has 86 valence electrons. The summed E-state index contributed by atoms with van der Waals surface area (Å²) in [5.41, 5.74) is 1.57. The van der Waals surface area contributed by atoms with E-state index in [4.69, 9.17) is 0 Å². The van der Waals surface area contributed by atoms with Crippen molar-refractivity contribution in [2.24, 2.45) is 5.92 Å². The molecule has 1 atom stereocenters. The summed E-state index contributed by atoms with van der Waals surface area (Å²) in [6.45, 7) is 0.745. The van der Waals surface area contributed by atoms with Gasteiger partial charge in [-0.15, -0.1) is 0 Å². The van der Waals surface area contributed by atoms with Crippen molar-refractivity contribution >= 4 is 5.78 Å². The summed E-state index contributed by atoms with van der Waals surface area (Å²) in [7, 11) is 3.91. The summed E-state index contributed by atoms with van der Waals surface area (Å²) in [6.07, 6.45) is 1.75. The van der Waals surface area contributed by atoms with Gasteiger partial charge in [-0.1, -0.05) is 6.07 Å². The van der Waals surface area contributed by atoms with Gasteiger partial charge in [0.15, 0.2) is 5.78 Å². The van der Waals surface area contributed by atoms with E-state index in [-0.39, 0.29) is 17.5 Å². The van der Waals surface area contributed by atoms with E-state index < -0.39 is 0 Å². The van der Waals surface area contributed by atoms with Crippen LogP contribution >= 0.6 is 0 Å². The van der Waals surface area contributed by atoms with Crippen molar-refractivity contribution in [2.75, 3.05) is 20.6 Å². The van der Waals surface area contributed by atoms with Gasteiger partial charge in [0.25, 0.3) is 0 Å². The lowest BCUT2D eigenvalue weighted by atomic mass is 9.82. The average molecular weight is 221 g/mol. The van der Waals surface area contributed by atoms with Gasteiger partial charge in [-0.2, -0.15) is 0 Å². The van der Waals surface area contributed by atoms with Crippen LogP contribution in [0.2, 0.25) is 0 Å². The van der Waals surface area contributed by atoms with Crippen molar-refractivity contribution < 1.29 is 9.18 Å². The maximum atomic E-state index is 13.1. The van der Waals surface area contributed by atoms with E-state index in [2.05, 4.69) is 0 Å². The van der Waals surface area contributed by atoms with Gasteiger partial charge in [-0.3, -0.25) is 4.79 Å². The summed E-state index contributed by atoms with van der Waals surface area (Å²) < 4.78 is 13.1. The van der Waals surface area contributed by atoms with Gasteiger partial charge in [-0.25, -0.2) is 4.39 Å². The number of halogens is 1. The highest BCUT2D eigenvalue weighted by Crippen LogP contribution is 2.26. The molecule has 0 radical (unpaired) electrons. The quantitative estimate of drug-likeness (QED) is 0.762. The van der Waals surface area contributed by atoms with E-state index in [0.29, 0.717) is 5.56 Å². The average Bonchev–Trinajstić information content (AvgIpc) is 2.22. The molecule has 1 unspecified atom stereocenters. The summed E-state index contributed by atoms with van der Waals surface area (Å²) in [4.78, 5) is 14.1. The van der Waals surface area contributed by atoms with Gasteiger partial charge >= 0.3 is 0 Å². The zero-order chi connectivity index (χ0) is 11.7. The highest BCUT2D eigenvalue weighted by Gasteiger charge is 2.27. The Labute approximate surface area is 95.1 Å². The molecule has 1 aliphatic rings. The van der Waals surface area contributed by atoms with Gasteiger partial charge < -0.3 is 4.90 Å². The lowest BCUT2D eigenvalue weighted by molar-refractivity contribution is 0.0877. The van der Waals surface area contributed by atoms with Crippen LogP contribution in [-0.2, 0) is 6.42 Å². The number of nitrogens with zero attached hydrogens (tertiary/aromatic N) is 1. The maximum absolute atomic E-state index is 13.1. The third-order valence-corrected chi connectivity index (χ3v) is 3.06. The smallest absolute Gasteiger partial charge is 0.167 e. The van der Waals surface area contributed by atoms with Gasteiger partial charge in [0, 0.05) is 18.0 Å². The van der Waals surface area contributed by atoms with Gasteiger partial charge in [0.1, 0.15) is 5.82 Å². The molecule has 1 aromatic rings. The number of benzene rings is 1. The zero-order valence-corrected chi connectivity index (χ0v) is 9.66. The van der Waals surface area contributed by atoms with Crippen LogP contribution in [0.1, 0.15) is 22.3 Å². The van der Waals surface area contributed by atoms with Crippen LogP contribution in [0, 0.1) is 11.7 Å². The van der Waals surface area contributed by atoms with Crippen molar-refractivity contribution in [3.63, 3.8) is 0 Å². The number of hydrogen-bond acceptors (Lipinski definition) is 2. The Morgan fingerprint density at radius 1 is 1.44 bits per heavy atom. The molecule has 1 aromatic carbocycles. The summed E-state index contributed by atoms with van der Waals surface area (Å²) in [5, 5.41) is 0. The Bertz CT molecular complexity index is 414. The Hall–Kier alpha value is -1.22. The molecule has 0 fully saturated rings. The summed E-state index contributed by atoms with van der Waals surface area (Å²) in [5.74, 6) is -0.212. The van der Waals surface area contributed by atoms with E-state index in [1.54, 1.807) is 6.07 Å². The lowest BCUT2D eigenvalue weighted by Crippen LogP contribution is -2.31. The minimum Gasteiger partial charge on any atom is -0.309 e. The molecule has 0 bridgehead atoms. The minimum absolute atomic E-state index is 0.0179. The molecule has 0 N–H and O–H groups in total. The molecule has 0 aliphatic heterocycles. The third kappa shape index (κ3) is 2.14. The maximum Gasteiger partial charge on any atom is 0.167 e. The second-order valence-electron chi connectivity index (χ2n) is 4.66. The predicted molar refractivity (Wildman–Crippen MR) is 61.1 cm³/mol. The number of carbonyl (C=O) groups is 1. The standard InChI is InChI=1S/C13H16FNO/c1-15(2)8-10-4-3-9-5-6-11(14)7-12(9)13(10)16/h5-7,10H,3-4,8H2,1-2H3. The van der Waals surface area contributed by atoms with Crippen molar-refractivity contribution in [1.82, 2.24) is 4.90 Å². The van der Waals surface area contributed by atoms with Crippen molar-refractivity contribution in [3.05, 3.63) is 35.1 Å². The zero-order valence-electron chi connectivity index (χ0n) is 9.66. The Morgan fingerprint density at radius 3 is 2.88 bits per heavy atom. The van der Waals surface area contributed by atoms with Gasteiger partial charge in [0.2, 0.25) is 0 Å². The largest absolute Gasteiger partial charge is 0.309 e. The number of hydrogen-bond donors (Lipinski definition) is 0. The molecule has 3 heteroatoms. The normalized spacial score (nSPS) is 20.0. The van der Waals surface area contributed by atoms with Crippen LogP contribution in [0.5, 0.6) is 0 Å². The molecular formula is C13H16FNO. The highest BCUT2D eigenvalue weighted by atomic mass is 19.1. The Morgan fingerprint density at radius 2 is 2.19 bits per heavy atom. The molecule has 0 spiro atoms. The number of aryl methyl sites for hydroxylation is 1. The van der Waals surface area contributed by atoms with Gasteiger partial charge in [-0.05, 0) is 44.6 Å². The molecule has 0 saturated heterocycles. The molecule has 0 amide bonds. The fourth-order valence-corrected chi connectivity index (χ4v) is 2.29. The highest BCUT2D eigenvalue weighted by molar-refractivity contribution is 6.00. The minimum atomic E-state index is -0.322. The second-order valence-corrected chi connectivity index (χ2v) is 4.66. The SMILES string of the molecule is CN(C)CC1CCc2ccc(F)cc2C1=O. The molecule has 2 nitrogen and oxygen atoms in total. The molecular weight excluding hydrogens is 205 g/mol. The van der Waals surface area contributed by atoms with Crippen molar-refractivity contribution in [2.45, 2.75) is 12.8 Å². The molecule has 0 heterocycles.